The highest BCUT2D eigenvalue weighted by molar-refractivity contribution is 8.00. The Bertz CT molecular complexity index is 1780. The minimum Gasteiger partial charge on any atom is -0.507 e. The highest BCUT2D eigenvalue weighted by atomic mass is 32.2. The average molecular weight is 581 g/mol. The van der Waals surface area contributed by atoms with Gasteiger partial charge >= 0.3 is 5.91 Å². The zero-order valence-corrected chi connectivity index (χ0v) is 23.6. The molecule has 0 radical (unpaired) electrons. The molecule has 1 fully saturated rings. The van der Waals surface area contributed by atoms with Crippen molar-refractivity contribution in [1.82, 2.24) is 15.2 Å². The smallest absolute Gasteiger partial charge is 0.301 e. The van der Waals surface area contributed by atoms with Gasteiger partial charge in [-0.25, -0.2) is 0 Å². The summed E-state index contributed by atoms with van der Waals surface area (Å²) >= 11 is 2.74. The van der Waals surface area contributed by atoms with Crippen molar-refractivity contribution < 1.29 is 19.4 Å². The molecule has 3 heterocycles. The maximum absolute atomic E-state index is 13.5. The standard InChI is InChI=1S/C31H24N4O4S2/c1-2-39-23-11-6-9-21(17-23)26-25(27(36)20-13-15-32-16-14-20)28(37)29(38)35(26)30-33-34-31(41-30)40-18-22-10-5-8-19-7-3-4-12-24(19)22/h3-17,26,36H,2,18H2,1H3. The zero-order valence-electron chi connectivity index (χ0n) is 21.9. The van der Waals surface area contributed by atoms with Crippen LogP contribution in [0.5, 0.6) is 5.75 Å². The van der Waals surface area contributed by atoms with Gasteiger partial charge in [-0.1, -0.05) is 77.7 Å². The largest absolute Gasteiger partial charge is 0.507 e. The van der Waals surface area contributed by atoms with Gasteiger partial charge in [-0.3, -0.25) is 19.5 Å². The first-order valence-corrected chi connectivity index (χ1v) is 14.7. The second-order valence-corrected chi connectivity index (χ2v) is 11.4. The number of thioether (sulfide) groups is 1. The number of hydrogen-bond acceptors (Lipinski definition) is 9. The lowest BCUT2D eigenvalue weighted by molar-refractivity contribution is -0.132. The number of carbonyl (C=O) groups is 2. The number of aliphatic hydroxyl groups is 1. The van der Waals surface area contributed by atoms with Crippen LogP contribution in [0.4, 0.5) is 5.13 Å². The summed E-state index contributed by atoms with van der Waals surface area (Å²) in [5, 5.41) is 22.5. The van der Waals surface area contributed by atoms with E-state index < -0.39 is 17.7 Å². The summed E-state index contributed by atoms with van der Waals surface area (Å²) in [6.07, 6.45) is 3.03. The molecule has 1 unspecified atom stereocenters. The van der Waals surface area contributed by atoms with E-state index in [9.17, 15) is 14.7 Å². The van der Waals surface area contributed by atoms with Gasteiger partial charge in [0.05, 0.1) is 18.2 Å². The molecule has 1 aliphatic heterocycles. The predicted octanol–water partition coefficient (Wildman–Crippen LogP) is 6.40. The fourth-order valence-electron chi connectivity index (χ4n) is 4.87. The van der Waals surface area contributed by atoms with E-state index in [1.807, 2.05) is 25.1 Å². The summed E-state index contributed by atoms with van der Waals surface area (Å²) in [6, 6.07) is 23.8. The molecule has 2 aromatic heterocycles. The first-order chi connectivity index (χ1) is 20.0. The molecular formula is C31H24N4O4S2. The molecule has 1 aliphatic rings. The van der Waals surface area contributed by atoms with E-state index in [1.54, 1.807) is 36.4 Å². The van der Waals surface area contributed by atoms with Crippen molar-refractivity contribution in [3.63, 3.8) is 0 Å². The Hall–Kier alpha value is -4.54. The van der Waals surface area contributed by atoms with Gasteiger partial charge in [0.25, 0.3) is 5.78 Å². The van der Waals surface area contributed by atoms with Crippen LogP contribution in [0.25, 0.3) is 16.5 Å². The number of benzene rings is 3. The molecule has 0 spiro atoms. The molecule has 1 amide bonds. The zero-order chi connectivity index (χ0) is 28.3. The van der Waals surface area contributed by atoms with Crippen molar-refractivity contribution in [2.75, 3.05) is 11.5 Å². The molecule has 0 saturated carbocycles. The molecular weight excluding hydrogens is 556 g/mol. The molecule has 5 aromatic rings. The Morgan fingerprint density at radius 1 is 1.00 bits per heavy atom. The number of aromatic nitrogens is 3. The van der Waals surface area contributed by atoms with Crippen molar-refractivity contribution in [2.45, 2.75) is 23.1 Å². The van der Waals surface area contributed by atoms with E-state index in [-0.39, 0.29) is 16.5 Å². The van der Waals surface area contributed by atoms with Crippen molar-refractivity contribution in [2.24, 2.45) is 0 Å². The van der Waals surface area contributed by atoms with Gasteiger partial charge in [-0.2, -0.15) is 0 Å². The number of nitrogens with zero attached hydrogens (tertiary/aromatic N) is 4. The van der Waals surface area contributed by atoms with Crippen LogP contribution in [0, 0.1) is 0 Å². The number of fused-ring (bicyclic) bond motifs is 1. The van der Waals surface area contributed by atoms with Crippen LogP contribution in [0.15, 0.2) is 101 Å². The number of carbonyl (C=O) groups excluding carboxylic acids is 2. The van der Waals surface area contributed by atoms with Gasteiger partial charge in [-0.15, -0.1) is 10.2 Å². The number of pyridine rings is 1. The lowest BCUT2D eigenvalue weighted by Crippen LogP contribution is -2.29. The highest BCUT2D eigenvalue weighted by Crippen LogP contribution is 2.44. The number of anilines is 1. The molecule has 0 aliphatic carbocycles. The molecule has 10 heteroatoms. The molecule has 204 valence electrons. The summed E-state index contributed by atoms with van der Waals surface area (Å²) in [5.41, 5.74) is 2.11. The molecule has 1 N–H and O–H groups in total. The van der Waals surface area contributed by atoms with Crippen LogP contribution in [0.2, 0.25) is 0 Å². The first-order valence-electron chi connectivity index (χ1n) is 12.9. The molecule has 0 bridgehead atoms. The van der Waals surface area contributed by atoms with E-state index in [0.717, 1.165) is 10.9 Å². The van der Waals surface area contributed by atoms with Crippen LogP contribution < -0.4 is 9.64 Å². The molecule has 6 rings (SSSR count). The van der Waals surface area contributed by atoms with Gasteiger partial charge in [0, 0.05) is 23.7 Å². The number of rotatable bonds is 8. The number of Topliss-reactive ketones (excluding diaryl/α,β-unsaturated/α-hetero) is 1. The van der Waals surface area contributed by atoms with Crippen molar-refractivity contribution in [1.29, 1.82) is 0 Å². The van der Waals surface area contributed by atoms with Gasteiger partial charge in [0.1, 0.15) is 11.5 Å². The van der Waals surface area contributed by atoms with Gasteiger partial charge in [-0.05, 0) is 53.1 Å². The summed E-state index contributed by atoms with van der Waals surface area (Å²) in [5.74, 6) is -0.616. The fraction of sp³-hybridized carbons (Fsp3) is 0.129. The molecule has 1 atom stereocenters. The van der Waals surface area contributed by atoms with E-state index in [4.69, 9.17) is 4.74 Å². The van der Waals surface area contributed by atoms with Gasteiger partial charge in [0.2, 0.25) is 5.13 Å². The number of aliphatic hydroxyl groups excluding tert-OH is 1. The number of amides is 1. The van der Waals surface area contributed by atoms with Crippen LogP contribution in [0.1, 0.15) is 29.7 Å². The topological polar surface area (TPSA) is 106 Å². The quantitative estimate of drug-likeness (QED) is 0.0739. The predicted molar refractivity (Wildman–Crippen MR) is 160 cm³/mol. The lowest BCUT2D eigenvalue weighted by atomic mass is 9.95. The Labute approximate surface area is 244 Å². The van der Waals surface area contributed by atoms with Gasteiger partial charge < -0.3 is 9.84 Å². The summed E-state index contributed by atoms with van der Waals surface area (Å²) in [4.78, 5) is 32.2. The number of ketones is 1. The van der Waals surface area contributed by atoms with Crippen LogP contribution in [0.3, 0.4) is 0 Å². The Kier molecular flexibility index (Phi) is 7.49. The number of hydrogen-bond donors (Lipinski definition) is 1. The van der Waals surface area contributed by atoms with Crippen LogP contribution in [-0.2, 0) is 15.3 Å². The minimum absolute atomic E-state index is 0.0324. The third-order valence-electron chi connectivity index (χ3n) is 6.72. The van der Waals surface area contributed by atoms with E-state index in [1.165, 1.54) is 45.8 Å². The maximum atomic E-state index is 13.5. The lowest BCUT2D eigenvalue weighted by Gasteiger charge is -2.23. The first kappa shape index (κ1) is 26.7. The van der Waals surface area contributed by atoms with Crippen molar-refractivity contribution in [3.8, 4) is 5.75 Å². The molecule has 3 aromatic carbocycles. The van der Waals surface area contributed by atoms with E-state index >= 15 is 0 Å². The summed E-state index contributed by atoms with van der Waals surface area (Å²) in [6.45, 7) is 2.33. The summed E-state index contributed by atoms with van der Waals surface area (Å²) < 4.78 is 6.34. The summed E-state index contributed by atoms with van der Waals surface area (Å²) in [7, 11) is 0. The highest BCUT2D eigenvalue weighted by Gasteiger charge is 2.48. The molecule has 41 heavy (non-hydrogen) atoms. The van der Waals surface area contributed by atoms with E-state index in [0.29, 0.717) is 33.6 Å². The molecule has 8 nitrogen and oxygen atoms in total. The van der Waals surface area contributed by atoms with Crippen molar-refractivity contribution in [3.05, 3.63) is 114 Å². The third-order valence-corrected chi connectivity index (χ3v) is 8.82. The Morgan fingerprint density at radius 3 is 2.61 bits per heavy atom. The second-order valence-electron chi connectivity index (χ2n) is 9.19. The van der Waals surface area contributed by atoms with Crippen LogP contribution >= 0.6 is 23.1 Å². The SMILES string of the molecule is CCOc1cccc(C2C(=C(O)c3ccncc3)C(=O)C(=O)N2c2nnc(SCc3cccc4ccccc34)s2)c1. The van der Waals surface area contributed by atoms with E-state index in [2.05, 4.69) is 39.4 Å². The fourth-order valence-corrected chi connectivity index (χ4v) is 6.74. The second kappa shape index (κ2) is 11.5. The monoisotopic (exact) mass is 580 g/mol. The maximum Gasteiger partial charge on any atom is 0.301 e. The molecule has 1 saturated heterocycles. The van der Waals surface area contributed by atoms with Gasteiger partial charge in [0.15, 0.2) is 4.34 Å². The normalized spacial score (nSPS) is 16.4. The third kappa shape index (κ3) is 5.19. The number of ether oxygens (including phenoxy) is 1. The Balaban J connectivity index is 1.37. The minimum atomic E-state index is -0.924. The Morgan fingerprint density at radius 2 is 1.78 bits per heavy atom. The van der Waals surface area contributed by atoms with Crippen molar-refractivity contribution >= 4 is 56.5 Å². The average Bonchev–Trinajstić information content (AvgIpc) is 3.58. The van der Waals surface area contributed by atoms with Crippen LogP contribution in [-0.4, -0.2) is 38.6 Å².